The van der Waals surface area contributed by atoms with Gasteiger partial charge < -0.3 is 9.30 Å². The Balaban J connectivity index is 0.00000372. The zero-order valence-corrected chi connectivity index (χ0v) is 29.0. The maximum absolute atomic E-state index is 6.44. The Morgan fingerprint density at radius 1 is 0.826 bits per heavy atom. The van der Waals surface area contributed by atoms with E-state index in [4.69, 9.17) is 14.8 Å². The van der Waals surface area contributed by atoms with Crippen LogP contribution in [0, 0.1) is 26.0 Å². The summed E-state index contributed by atoms with van der Waals surface area (Å²) in [5.74, 6) is 2.58. The maximum Gasteiger partial charge on any atom is 2.00 e. The van der Waals surface area contributed by atoms with Crippen molar-refractivity contribution in [3.8, 4) is 34.1 Å². The summed E-state index contributed by atoms with van der Waals surface area (Å²) < 4.78 is 10.6. The molecule has 0 saturated heterocycles. The van der Waals surface area contributed by atoms with Crippen molar-refractivity contribution in [2.75, 3.05) is 0 Å². The fourth-order valence-electron chi connectivity index (χ4n) is 6.22. The molecule has 0 amide bonds. The van der Waals surface area contributed by atoms with Crippen molar-refractivity contribution in [2.24, 2.45) is 0 Å². The molecule has 3 heterocycles. The Bertz CT molecular complexity index is 2160. The van der Waals surface area contributed by atoms with Crippen molar-refractivity contribution in [1.29, 1.82) is 0 Å². The van der Waals surface area contributed by atoms with Gasteiger partial charge in [-0.1, -0.05) is 68.8 Å². The van der Waals surface area contributed by atoms with Gasteiger partial charge in [-0.15, -0.1) is 35.7 Å². The molecule has 7 rings (SSSR count). The summed E-state index contributed by atoms with van der Waals surface area (Å²) in [6.45, 7) is 10.8. The summed E-state index contributed by atoms with van der Waals surface area (Å²) in [5.41, 5.74) is 9.77. The zero-order valence-electron chi connectivity index (χ0n) is 26.7. The maximum atomic E-state index is 6.44. The van der Waals surface area contributed by atoms with Crippen LogP contribution in [0.15, 0.2) is 97.2 Å². The van der Waals surface area contributed by atoms with Gasteiger partial charge >= 0.3 is 21.1 Å². The molecule has 0 aliphatic rings. The van der Waals surface area contributed by atoms with Crippen LogP contribution in [-0.4, -0.2) is 19.3 Å². The van der Waals surface area contributed by atoms with Crippen LogP contribution in [-0.2, 0) is 27.5 Å². The quantitative estimate of drug-likeness (QED) is 0.144. The molecule has 0 aliphatic carbocycles. The summed E-state index contributed by atoms with van der Waals surface area (Å²) in [7, 11) is 0. The van der Waals surface area contributed by atoms with Gasteiger partial charge in [0.15, 0.2) is 0 Å². The Hall–Kier alpha value is -4.47. The van der Waals surface area contributed by atoms with Crippen LogP contribution < -0.4 is 4.74 Å². The Morgan fingerprint density at radius 2 is 1.63 bits per heavy atom. The predicted octanol–water partition coefficient (Wildman–Crippen LogP) is 10.1. The smallest absolute Gasteiger partial charge is 0.509 e. The second kappa shape index (κ2) is 13.1. The number of nitrogens with zero attached hydrogens (tertiary/aromatic N) is 4. The number of hydrogen-bond donors (Lipinski definition) is 0. The van der Waals surface area contributed by atoms with Crippen LogP contribution in [0.25, 0.3) is 44.4 Å². The van der Waals surface area contributed by atoms with Gasteiger partial charge in [0.05, 0.1) is 5.69 Å². The average molecular weight is 784 g/mol. The topological polar surface area (TPSA) is 44.9 Å². The van der Waals surface area contributed by atoms with Crippen LogP contribution in [0.2, 0.25) is 0 Å². The van der Waals surface area contributed by atoms with Crippen molar-refractivity contribution in [2.45, 2.75) is 53.4 Å². The number of hydrogen-bond acceptors (Lipinski definition) is 3. The van der Waals surface area contributed by atoms with E-state index in [-0.39, 0.29) is 21.1 Å². The first-order valence-electron chi connectivity index (χ1n) is 15.7. The molecule has 5 nitrogen and oxygen atoms in total. The van der Waals surface area contributed by atoms with Crippen LogP contribution in [0.1, 0.15) is 55.6 Å². The van der Waals surface area contributed by atoms with Crippen molar-refractivity contribution in [3.05, 3.63) is 132 Å². The number of ether oxygens (including phenoxy) is 1. The molecule has 0 radical (unpaired) electrons. The van der Waals surface area contributed by atoms with Crippen LogP contribution >= 0.6 is 0 Å². The third-order valence-electron chi connectivity index (χ3n) is 8.86. The first kappa shape index (κ1) is 31.5. The molecule has 6 heteroatoms. The molecule has 0 spiro atoms. The van der Waals surface area contributed by atoms with Gasteiger partial charge in [-0.25, -0.2) is 4.98 Å². The van der Waals surface area contributed by atoms with Crippen molar-refractivity contribution in [3.63, 3.8) is 0 Å². The number of pyridine rings is 1. The second-order valence-corrected chi connectivity index (χ2v) is 11.7. The fourth-order valence-corrected chi connectivity index (χ4v) is 6.22. The summed E-state index contributed by atoms with van der Waals surface area (Å²) in [6, 6.07) is 38.5. The van der Waals surface area contributed by atoms with E-state index in [0.717, 1.165) is 63.3 Å². The van der Waals surface area contributed by atoms with Crippen molar-refractivity contribution >= 4 is 21.8 Å². The van der Waals surface area contributed by atoms with Gasteiger partial charge in [0.1, 0.15) is 5.82 Å². The Morgan fingerprint density at radius 3 is 2.41 bits per heavy atom. The average Bonchev–Trinajstić information content (AvgIpc) is 3.56. The van der Waals surface area contributed by atoms with Gasteiger partial charge in [0.25, 0.3) is 0 Å². The van der Waals surface area contributed by atoms with E-state index in [0.29, 0.717) is 17.4 Å². The second-order valence-electron chi connectivity index (χ2n) is 11.7. The van der Waals surface area contributed by atoms with Gasteiger partial charge in [0.2, 0.25) is 0 Å². The molecule has 4 aromatic carbocycles. The van der Waals surface area contributed by atoms with Crippen LogP contribution in [0.4, 0.5) is 0 Å². The molecule has 0 bridgehead atoms. The van der Waals surface area contributed by atoms with Gasteiger partial charge in [-0.2, -0.15) is 17.2 Å². The minimum atomic E-state index is 0. The van der Waals surface area contributed by atoms with E-state index in [1.54, 1.807) is 0 Å². The van der Waals surface area contributed by atoms with Crippen LogP contribution in [0.3, 0.4) is 0 Å². The number of benzene rings is 4. The molecule has 0 N–H and O–H groups in total. The van der Waals surface area contributed by atoms with Gasteiger partial charge in [-0.05, 0) is 78.6 Å². The monoisotopic (exact) mass is 783 g/mol. The third-order valence-corrected chi connectivity index (χ3v) is 8.86. The van der Waals surface area contributed by atoms with E-state index in [1.807, 2.05) is 48.1 Å². The van der Waals surface area contributed by atoms with Crippen molar-refractivity contribution in [1.82, 2.24) is 19.3 Å². The summed E-state index contributed by atoms with van der Waals surface area (Å²) >= 11 is 0. The van der Waals surface area contributed by atoms with Crippen molar-refractivity contribution < 1.29 is 25.8 Å². The summed E-state index contributed by atoms with van der Waals surface area (Å²) in [6.07, 6.45) is 3.93. The molecule has 46 heavy (non-hydrogen) atoms. The Labute approximate surface area is 285 Å². The van der Waals surface area contributed by atoms with E-state index < -0.39 is 0 Å². The van der Waals surface area contributed by atoms with Crippen LogP contribution in [0.5, 0.6) is 11.5 Å². The molecule has 1 unspecified atom stereocenters. The number of fused-ring (bicyclic) bond motifs is 3. The predicted molar refractivity (Wildman–Crippen MR) is 183 cm³/mol. The molecule has 0 aliphatic heterocycles. The van der Waals surface area contributed by atoms with E-state index in [9.17, 15) is 0 Å². The van der Waals surface area contributed by atoms with E-state index in [1.165, 1.54) is 16.5 Å². The molecule has 232 valence electrons. The third kappa shape index (κ3) is 5.69. The zero-order chi connectivity index (χ0) is 31.1. The minimum Gasteiger partial charge on any atom is -0.509 e. The Kier molecular flexibility index (Phi) is 8.97. The molecule has 1 atom stereocenters. The number of rotatable bonds is 8. The van der Waals surface area contributed by atoms with Gasteiger partial charge in [-0.3, -0.25) is 4.68 Å². The normalized spacial score (nSPS) is 11.9. The van der Waals surface area contributed by atoms with Gasteiger partial charge in [0, 0.05) is 34.5 Å². The fraction of sp³-hybridized carbons (Fsp3) is 0.200. The minimum absolute atomic E-state index is 0. The van der Waals surface area contributed by atoms with E-state index >= 15 is 0 Å². The molecule has 7 aromatic rings. The first-order valence-corrected chi connectivity index (χ1v) is 15.7. The van der Waals surface area contributed by atoms with E-state index in [2.05, 4.69) is 105 Å². The molecule has 0 fully saturated rings. The summed E-state index contributed by atoms with van der Waals surface area (Å²) in [4.78, 5) is 4.79. The molecule has 0 saturated carbocycles. The summed E-state index contributed by atoms with van der Waals surface area (Å²) in [5, 5.41) is 7.19. The first-order chi connectivity index (χ1) is 21.9. The number of aromatic nitrogens is 4. The molecule has 3 aromatic heterocycles. The standard InChI is InChI=1S/C40H36N4O.Pt/c1-6-26(3)31-16-19-37-36(23-31)35-18-17-34(25-38(35)43(37)39-22-29(7-2)20-21-41-39)45-33-15-11-14-32(24-33)44-28(5)40(27(4)42-44)30-12-9-8-10-13-30;/h8-23,26H,6-7H2,1-5H3;/q-2;+2. The SMILES string of the molecule is CCc1ccnc(-n2c3[c-]c(Oc4[c-]c(-n5nc(C)c(-c6ccccc6)c5C)ccc4)ccc3c3cc(C(C)CC)ccc32)c1.[Pt+2]. The number of aryl methyl sites for hydroxylation is 2. The molecular weight excluding hydrogens is 748 g/mol. The molecular formula is C40H36N4OPt. The largest absolute Gasteiger partial charge is 2.00 e.